The van der Waals surface area contributed by atoms with Crippen LogP contribution >= 0.6 is 0 Å². The Hall–Kier alpha value is -1.83. The second-order valence-corrected chi connectivity index (χ2v) is 3.59. The number of amides is 1. The molecule has 0 aliphatic rings. The first-order valence-corrected chi connectivity index (χ1v) is 5.48. The molecule has 8 heteroatoms. The van der Waals surface area contributed by atoms with Gasteiger partial charge in [-0.25, -0.2) is 0 Å². The summed E-state index contributed by atoms with van der Waals surface area (Å²) in [5.41, 5.74) is 0.907. The average molecular weight is 277 g/mol. The molecule has 106 valence electrons. The quantitative estimate of drug-likeness (QED) is 0.772. The summed E-state index contributed by atoms with van der Waals surface area (Å²) in [5.74, 6) is -0.401. The van der Waals surface area contributed by atoms with Crippen LogP contribution in [0.25, 0.3) is 0 Å². The summed E-state index contributed by atoms with van der Waals surface area (Å²) in [5, 5.41) is 5.26. The molecule has 1 aromatic rings. The number of hydrogen-bond acceptors (Lipinski definition) is 4. The first-order valence-electron chi connectivity index (χ1n) is 5.48. The van der Waals surface area contributed by atoms with Gasteiger partial charge in [0.1, 0.15) is 6.61 Å². The molecule has 0 saturated heterocycles. The van der Waals surface area contributed by atoms with Gasteiger partial charge in [-0.3, -0.25) is 9.78 Å². The Morgan fingerprint density at radius 1 is 1.47 bits per heavy atom. The number of alkyl halides is 3. The predicted octanol–water partition coefficient (Wildman–Crippen LogP) is 1.43. The summed E-state index contributed by atoms with van der Waals surface area (Å²) in [7, 11) is 1.64. The molecule has 1 heterocycles. The molecule has 5 nitrogen and oxygen atoms in total. The highest BCUT2D eigenvalue weighted by molar-refractivity contribution is 5.99. The van der Waals surface area contributed by atoms with Gasteiger partial charge < -0.3 is 15.4 Å². The number of nitrogens with one attached hydrogen (secondary N) is 2. The van der Waals surface area contributed by atoms with E-state index in [4.69, 9.17) is 0 Å². The number of ether oxygens (including phenoxy) is 1. The van der Waals surface area contributed by atoms with E-state index in [0.29, 0.717) is 11.3 Å². The minimum absolute atomic E-state index is 0.000387. The number of carbonyl (C=O) groups excluding carboxylic acids is 1. The molecule has 0 bridgehead atoms. The van der Waals surface area contributed by atoms with Gasteiger partial charge in [0.25, 0.3) is 5.91 Å². The van der Waals surface area contributed by atoms with E-state index in [1.165, 1.54) is 18.5 Å². The van der Waals surface area contributed by atoms with Crippen LogP contribution in [0.3, 0.4) is 0 Å². The van der Waals surface area contributed by atoms with Crippen LogP contribution in [0.1, 0.15) is 10.4 Å². The lowest BCUT2D eigenvalue weighted by atomic mass is 10.2. The second kappa shape index (κ2) is 6.93. The maximum absolute atomic E-state index is 11.8. The molecule has 2 N–H and O–H groups in total. The summed E-state index contributed by atoms with van der Waals surface area (Å²) in [4.78, 5) is 15.6. The summed E-state index contributed by atoms with van der Waals surface area (Å²) in [6.45, 7) is -1.52. The fraction of sp³-hybridized carbons (Fsp3) is 0.455. The van der Waals surface area contributed by atoms with E-state index in [2.05, 4.69) is 20.4 Å². The van der Waals surface area contributed by atoms with Crippen LogP contribution in [0.5, 0.6) is 0 Å². The first-order chi connectivity index (χ1) is 8.94. The van der Waals surface area contributed by atoms with Gasteiger partial charge in [-0.05, 0) is 6.07 Å². The lowest BCUT2D eigenvalue weighted by Gasteiger charge is -2.10. The first kappa shape index (κ1) is 15.2. The molecule has 0 aliphatic carbocycles. The van der Waals surface area contributed by atoms with Crippen LogP contribution in [0.15, 0.2) is 18.5 Å². The topological polar surface area (TPSA) is 63.2 Å². The van der Waals surface area contributed by atoms with Crippen LogP contribution < -0.4 is 10.6 Å². The lowest BCUT2D eigenvalue weighted by Crippen LogP contribution is -2.29. The van der Waals surface area contributed by atoms with Gasteiger partial charge in [-0.15, -0.1) is 0 Å². The Labute approximate surface area is 108 Å². The monoisotopic (exact) mass is 277 g/mol. The fourth-order valence-electron chi connectivity index (χ4n) is 1.31. The van der Waals surface area contributed by atoms with Crippen LogP contribution in [-0.4, -0.2) is 43.9 Å². The Morgan fingerprint density at radius 3 is 2.84 bits per heavy atom. The highest BCUT2D eigenvalue weighted by Gasteiger charge is 2.27. The summed E-state index contributed by atoms with van der Waals surface area (Å²) >= 11 is 0. The predicted molar refractivity (Wildman–Crippen MR) is 63.0 cm³/mol. The largest absolute Gasteiger partial charge is 0.411 e. The van der Waals surface area contributed by atoms with E-state index in [1.54, 1.807) is 7.05 Å². The minimum Gasteiger partial charge on any atom is -0.386 e. The van der Waals surface area contributed by atoms with Crippen LogP contribution in [0, 0.1) is 0 Å². The molecule has 1 amide bonds. The molecule has 0 unspecified atom stereocenters. The van der Waals surface area contributed by atoms with Crippen LogP contribution in [-0.2, 0) is 4.74 Å². The van der Waals surface area contributed by atoms with Gasteiger partial charge >= 0.3 is 6.18 Å². The summed E-state index contributed by atoms with van der Waals surface area (Å²) in [6, 6.07) is 1.51. The smallest absolute Gasteiger partial charge is 0.386 e. The van der Waals surface area contributed by atoms with E-state index in [9.17, 15) is 18.0 Å². The van der Waals surface area contributed by atoms with Gasteiger partial charge in [0.2, 0.25) is 0 Å². The van der Waals surface area contributed by atoms with Crippen molar-refractivity contribution in [3.63, 3.8) is 0 Å². The van der Waals surface area contributed by atoms with Gasteiger partial charge in [0, 0.05) is 19.8 Å². The van der Waals surface area contributed by atoms with Gasteiger partial charge in [0.05, 0.1) is 24.1 Å². The van der Waals surface area contributed by atoms with Crippen molar-refractivity contribution < 1.29 is 22.7 Å². The van der Waals surface area contributed by atoms with Crippen LogP contribution in [0.2, 0.25) is 0 Å². The minimum atomic E-state index is -4.35. The molecule has 1 aromatic heterocycles. The van der Waals surface area contributed by atoms with E-state index in [-0.39, 0.29) is 13.2 Å². The number of pyridine rings is 1. The third-order valence-corrected chi connectivity index (χ3v) is 2.13. The molecule has 0 aromatic carbocycles. The van der Waals surface area contributed by atoms with E-state index in [1.807, 2.05) is 0 Å². The van der Waals surface area contributed by atoms with Crippen molar-refractivity contribution in [1.82, 2.24) is 10.3 Å². The van der Waals surface area contributed by atoms with E-state index in [0.717, 1.165) is 0 Å². The molecule has 0 atom stereocenters. The molecule has 0 saturated carbocycles. The molecular formula is C11H14F3N3O2. The number of aromatic nitrogens is 1. The standard InChI is InChI=1S/C11H14F3N3O2/c1-15-9-6-16-3-2-8(9)10(18)17-4-5-19-7-11(12,13)14/h2-3,6,15H,4-5,7H2,1H3,(H,17,18). The molecule has 0 radical (unpaired) electrons. The maximum atomic E-state index is 11.8. The number of hydrogen-bond donors (Lipinski definition) is 2. The Morgan fingerprint density at radius 2 is 2.21 bits per heavy atom. The van der Waals surface area contributed by atoms with Crippen molar-refractivity contribution >= 4 is 11.6 Å². The van der Waals surface area contributed by atoms with Gasteiger partial charge in [-0.1, -0.05) is 0 Å². The normalized spacial score (nSPS) is 11.2. The second-order valence-electron chi connectivity index (χ2n) is 3.59. The van der Waals surface area contributed by atoms with Gasteiger partial charge in [0.15, 0.2) is 0 Å². The van der Waals surface area contributed by atoms with Crippen molar-refractivity contribution in [2.24, 2.45) is 0 Å². The fourth-order valence-corrected chi connectivity index (χ4v) is 1.31. The Bertz CT molecular complexity index is 424. The molecule has 19 heavy (non-hydrogen) atoms. The summed E-state index contributed by atoms with van der Waals surface area (Å²) < 4.78 is 39.7. The summed E-state index contributed by atoms with van der Waals surface area (Å²) in [6.07, 6.45) is -1.42. The Balaban J connectivity index is 2.35. The molecular weight excluding hydrogens is 263 g/mol. The van der Waals surface area contributed by atoms with Crippen LogP contribution in [0.4, 0.5) is 18.9 Å². The van der Waals surface area contributed by atoms with Crippen molar-refractivity contribution in [2.75, 3.05) is 32.1 Å². The zero-order chi connectivity index (χ0) is 14.3. The highest BCUT2D eigenvalue weighted by atomic mass is 19.4. The SMILES string of the molecule is CNc1cnccc1C(=O)NCCOCC(F)(F)F. The maximum Gasteiger partial charge on any atom is 0.411 e. The zero-order valence-corrected chi connectivity index (χ0v) is 10.3. The van der Waals surface area contributed by atoms with Gasteiger partial charge in [-0.2, -0.15) is 13.2 Å². The molecule has 0 fully saturated rings. The van der Waals surface area contributed by atoms with Crippen molar-refractivity contribution in [2.45, 2.75) is 6.18 Å². The number of rotatable bonds is 6. The molecule has 1 rings (SSSR count). The van der Waals surface area contributed by atoms with Crippen molar-refractivity contribution in [3.8, 4) is 0 Å². The molecule has 0 spiro atoms. The average Bonchev–Trinajstić information content (AvgIpc) is 2.36. The van der Waals surface area contributed by atoms with Crippen molar-refractivity contribution in [3.05, 3.63) is 24.0 Å². The molecule has 0 aliphatic heterocycles. The van der Waals surface area contributed by atoms with E-state index >= 15 is 0 Å². The Kier molecular flexibility index (Phi) is 5.56. The number of anilines is 1. The third-order valence-electron chi connectivity index (χ3n) is 2.13. The third kappa shape index (κ3) is 5.56. The lowest BCUT2D eigenvalue weighted by molar-refractivity contribution is -0.173. The van der Waals surface area contributed by atoms with Crippen molar-refractivity contribution in [1.29, 1.82) is 0 Å². The number of halogens is 3. The number of carbonyl (C=O) groups is 1. The van der Waals surface area contributed by atoms with E-state index < -0.39 is 18.7 Å². The highest BCUT2D eigenvalue weighted by Crippen LogP contribution is 2.14. The number of nitrogens with zero attached hydrogens (tertiary/aromatic N) is 1. The zero-order valence-electron chi connectivity index (χ0n) is 10.3.